The number of nitrogens with two attached hydrogens (primary N) is 1. The van der Waals surface area contributed by atoms with Crippen LogP contribution in [0.25, 0.3) is 11.4 Å². The van der Waals surface area contributed by atoms with E-state index < -0.39 is 0 Å². The summed E-state index contributed by atoms with van der Waals surface area (Å²) in [6.07, 6.45) is 2.46. The van der Waals surface area contributed by atoms with Gasteiger partial charge >= 0.3 is 0 Å². The molecule has 3 rings (SSSR count). The van der Waals surface area contributed by atoms with Gasteiger partial charge in [-0.05, 0) is 44.2 Å². The Balaban J connectivity index is 1.93. The third-order valence-electron chi connectivity index (χ3n) is 3.19. The van der Waals surface area contributed by atoms with Crippen LogP contribution in [0.4, 0.5) is 0 Å². The van der Waals surface area contributed by atoms with Gasteiger partial charge in [0.05, 0.1) is 11.8 Å². The summed E-state index contributed by atoms with van der Waals surface area (Å²) in [6.45, 7) is 5.79. The zero-order chi connectivity index (χ0) is 15.7. The number of aromatic nitrogens is 5. The van der Waals surface area contributed by atoms with Gasteiger partial charge in [0.15, 0.2) is 5.82 Å². The second-order valence-corrected chi connectivity index (χ2v) is 5.75. The van der Waals surface area contributed by atoms with Gasteiger partial charge in [-0.15, -0.1) is 10.2 Å². The van der Waals surface area contributed by atoms with Crippen LogP contribution in [0.1, 0.15) is 24.2 Å². The third kappa shape index (κ3) is 2.69. The standard InChI is InChI=1S/C14H16N6OS/c1-4-10-7-12(17-9(3)16-10)22-14-19-18-13(20(14)15)11-5-6-21-8(11)2/h5-7H,4,15H2,1-3H3. The second kappa shape index (κ2) is 5.80. The van der Waals surface area contributed by atoms with Crippen molar-refractivity contribution in [3.8, 4) is 11.4 Å². The van der Waals surface area contributed by atoms with Crippen LogP contribution in [-0.2, 0) is 6.42 Å². The Morgan fingerprint density at radius 1 is 1.27 bits per heavy atom. The first-order valence-corrected chi connectivity index (χ1v) is 7.67. The molecule has 0 fully saturated rings. The highest BCUT2D eigenvalue weighted by atomic mass is 32.2. The lowest BCUT2D eigenvalue weighted by Crippen LogP contribution is -2.11. The van der Waals surface area contributed by atoms with Gasteiger partial charge in [0.25, 0.3) is 0 Å². The van der Waals surface area contributed by atoms with Crippen molar-refractivity contribution < 1.29 is 4.42 Å². The summed E-state index contributed by atoms with van der Waals surface area (Å²) in [4.78, 5) is 8.77. The number of aryl methyl sites for hydroxylation is 3. The van der Waals surface area contributed by atoms with Crippen LogP contribution >= 0.6 is 11.8 Å². The molecule has 0 spiro atoms. The Kier molecular flexibility index (Phi) is 3.84. The molecule has 0 amide bonds. The molecule has 0 radical (unpaired) electrons. The Morgan fingerprint density at radius 2 is 2.09 bits per heavy atom. The number of nitrogens with zero attached hydrogens (tertiary/aromatic N) is 5. The minimum absolute atomic E-state index is 0.565. The average molecular weight is 316 g/mol. The highest BCUT2D eigenvalue weighted by Crippen LogP contribution is 2.28. The van der Waals surface area contributed by atoms with Gasteiger partial charge < -0.3 is 10.3 Å². The van der Waals surface area contributed by atoms with Gasteiger partial charge in [0.1, 0.15) is 16.6 Å². The maximum absolute atomic E-state index is 6.11. The maximum atomic E-state index is 6.11. The smallest absolute Gasteiger partial charge is 0.216 e. The first-order chi connectivity index (χ1) is 10.6. The molecule has 0 atom stereocenters. The topological polar surface area (TPSA) is 95.7 Å². The van der Waals surface area contributed by atoms with Crippen molar-refractivity contribution in [1.82, 2.24) is 24.8 Å². The normalized spacial score (nSPS) is 11.0. The third-order valence-corrected chi connectivity index (χ3v) is 4.07. The highest BCUT2D eigenvalue weighted by Gasteiger charge is 2.17. The van der Waals surface area contributed by atoms with Gasteiger partial charge in [-0.2, -0.15) is 0 Å². The molecular formula is C14H16N6OS. The van der Waals surface area contributed by atoms with Crippen molar-refractivity contribution in [2.24, 2.45) is 0 Å². The van der Waals surface area contributed by atoms with Gasteiger partial charge in [-0.1, -0.05) is 6.92 Å². The van der Waals surface area contributed by atoms with Crippen molar-refractivity contribution in [2.45, 2.75) is 37.4 Å². The van der Waals surface area contributed by atoms with E-state index >= 15 is 0 Å². The predicted molar refractivity (Wildman–Crippen MR) is 82.9 cm³/mol. The van der Waals surface area contributed by atoms with Gasteiger partial charge in [-0.3, -0.25) is 0 Å². The molecule has 0 saturated heterocycles. The number of furan rings is 1. The molecule has 0 aliphatic heterocycles. The van der Waals surface area contributed by atoms with E-state index in [0.29, 0.717) is 11.0 Å². The minimum atomic E-state index is 0.565. The molecule has 0 unspecified atom stereocenters. The molecule has 0 bridgehead atoms. The molecule has 3 aromatic heterocycles. The fourth-order valence-electron chi connectivity index (χ4n) is 2.07. The molecule has 0 aliphatic carbocycles. The van der Waals surface area contributed by atoms with E-state index in [1.807, 2.05) is 26.0 Å². The first-order valence-electron chi connectivity index (χ1n) is 6.86. The Labute approximate surface area is 131 Å². The summed E-state index contributed by atoms with van der Waals surface area (Å²) in [5.74, 6) is 8.15. The van der Waals surface area contributed by atoms with Crippen LogP contribution in [0.15, 0.2) is 33.0 Å². The van der Waals surface area contributed by atoms with Crippen LogP contribution in [0.5, 0.6) is 0 Å². The van der Waals surface area contributed by atoms with Crippen molar-refractivity contribution in [1.29, 1.82) is 0 Å². The van der Waals surface area contributed by atoms with E-state index in [-0.39, 0.29) is 0 Å². The molecule has 3 heterocycles. The monoisotopic (exact) mass is 316 g/mol. The largest absolute Gasteiger partial charge is 0.469 e. The van der Waals surface area contributed by atoms with Crippen LogP contribution in [-0.4, -0.2) is 24.8 Å². The van der Waals surface area contributed by atoms with E-state index in [0.717, 1.165) is 34.3 Å². The quantitative estimate of drug-likeness (QED) is 0.583. The van der Waals surface area contributed by atoms with Gasteiger partial charge in [-0.25, -0.2) is 14.6 Å². The number of nitrogen functional groups attached to an aromatic ring is 1. The Morgan fingerprint density at radius 3 is 2.77 bits per heavy atom. The molecule has 3 aromatic rings. The highest BCUT2D eigenvalue weighted by molar-refractivity contribution is 7.99. The van der Waals surface area contributed by atoms with E-state index in [9.17, 15) is 0 Å². The lowest BCUT2D eigenvalue weighted by atomic mass is 10.2. The van der Waals surface area contributed by atoms with Crippen LogP contribution in [0.2, 0.25) is 0 Å². The fraction of sp³-hybridized carbons (Fsp3) is 0.286. The van der Waals surface area contributed by atoms with Crippen molar-refractivity contribution in [2.75, 3.05) is 5.84 Å². The number of hydrogen-bond donors (Lipinski definition) is 1. The lowest BCUT2D eigenvalue weighted by Gasteiger charge is -2.04. The molecule has 0 saturated carbocycles. The predicted octanol–water partition coefficient (Wildman–Crippen LogP) is 2.37. The molecule has 2 N–H and O–H groups in total. The fourth-order valence-corrected chi connectivity index (χ4v) is 2.90. The number of hydrogen-bond acceptors (Lipinski definition) is 7. The minimum Gasteiger partial charge on any atom is -0.469 e. The molecule has 0 aromatic carbocycles. The van der Waals surface area contributed by atoms with E-state index in [1.165, 1.54) is 16.4 Å². The molecule has 22 heavy (non-hydrogen) atoms. The van der Waals surface area contributed by atoms with Crippen molar-refractivity contribution >= 4 is 11.8 Å². The molecular weight excluding hydrogens is 300 g/mol. The lowest BCUT2D eigenvalue weighted by molar-refractivity contribution is 0.535. The Hall–Kier alpha value is -2.35. The van der Waals surface area contributed by atoms with Crippen LogP contribution < -0.4 is 5.84 Å². The van der Waals surface area contributed by atoms with Gasteiger partial charge in [0, 0.05) is 5.69 Å². The van der Waals surface area contributed by atoms with E-state index in [1.54, 1.807) is 6.26 Å². The zero-order valence-electron chi connectivity index (χ0n) is 12.6. The molecule has 114 valence electrons. The summed E-state index contributed by atoms with van der Waals surface area (Å²) >= 11 is 1.36. The summed E-state index contributed by atoms with van der Waals surface area (Å²) in [6, 6.07) is 3.76. The van der Waals surface area contributed by atoms with E-state index in [2.05, 4.69) is 27.1 Å². The molecule has 8 heteroatoms. The molecule has 0 aliphatic rings. The van der Waals surface area contributed by atoms with E-state index in [4.69, 9.17) is 10.3 Å². The van der Waals surface area contributed by atoms with Crippen LogP contribution in [0.3, 0.4) is 0 Å². The summed E-state index contributed by atoms with van der Waals surface area (Å²) in [5, 5.41) is 9.66. The summed E-state index contributed by atoms with van der Waals surface area (Å²) in [5.41, 5.74) is 1.82. The average Bonchev–Trinajstić information content (AvgIpc) is 3.05. The molecule has 7 nitrogen and oxygen atoms in total. The van der Waals surface area contributed by atoms with Gasteiger partial charge in [0.2, 0.25) is 5.16 Å². The van der Waals surface area contributed by atoms with Crippen LogP contribution in [0, 0.1) is 13.8 Å². The Bertz CT molecular complexity index is 810. The summed E-state index contributed by atoms with van der Waals surface area (Å²) in [7, 11) is 0. The first kappa shape index (κ1) is 14.6. The van der Waals surface area contributed by atoms with Crippen molar-refractivity contribution in [3.63, 3.8) is 0 Å². The zero-order valence-corrected chi connectivity index (χ0v) is 13.4. The summed E-state index contributed by atoms with van der Waals surface area (Å²) < 4.78 is 6.73. The second-order valence-electron chi connectivity index (χ2n) is 4.77. The van der Waals surface area contributed by atoms with Crippen molar-refractivity contribution in [3.05, 3.63) is 35.7 Å². The maximum Gasteiger partial charge on any atom is 0.216 e. The SMILES string of the molecule is CCc1cc(Sc2nnc(-c3ccoc3C)n2N)nc(C)n1. The number of rotatable bonds is 4.